The highest BCUT2D eigenvalue weighted by molar-refractivity contribution is 5.62. The number of hydrogen-bond acceptors (Lipinski definition) is 8. The second kappa shape index (κ2) is 10.2. The molecule has 2 aromatic carbocycles. The number of nitrogens with zero attached hydrogens (tertiary/aromatic N) is 4. The number of hydrogen-bond donors (Lipinski definition) is 3. The number of nitrogen functional groups attached to an aromatic ring is 1. The van der Waals surface area contributed by atoms with Crippen LogP contribution in [-0.4, -0.2) is 49.5 Å². The van der Waals surface area contributed by atoms with Crippen molar-refractivity contribution in [2.24, 2.45) is 5.73 Å². The topological polar surface area (TPSA) is 138 Å². The summed E-state index contributed by atoms with van der Waals surface area (Å²) in [5.74, 6) is -1.63. The molecule has 5 rings (SSSR count). The van der Waals surface area contributed by atoms with Gasteiger partial charge in [0.05, 0.1) is 17.1 Å². The van der Waals surface area contributed by atoms with Crippen LogP contribution in [0.4, 0.5) is 23.5 Å². The van der Waals surface area contributed by atoms with E-state index in [-0.39, 0.29) is 17.3 Å². The maximum Gasteiger partial charge on any atom is 0.429 e. The van der Waals surface area contributed by atoms with Crippen molar-refractivity contribution >= 4 is 5.95 Å². The molecule has 0 amide bonds. The number of alkyl halides is 3. The zero-order chi connectivity index (χ0) is 27.9. The largest absolute Gasteiger partial charge is 0.459 e. The molecular weight excluding hydrogens is 520 g/mol. The van der Waals surface area contributed by atoms with E-state index in [2.05, 4.69) is 15.1 Å². The van der Waals surface area contributed by atoms with Crippen molar-refractivity contribution in [1.82, 2.24) is 19.7 Å². The van der Waals surface area contributed by atoms with Gasteiger partial charge in [-0.05, 0) is 43.2 Å². The lowest BCUT2D eigenvalue weighted by molar-refractivity contribution is -0.198. The first-order chi connectivity index (χ1) is 18.5. The Morgan fingerprint density at radius 3 is 2.44 bits per heavy atom. The molecule has 3 unspecified atom stereocenters. The summed E-state index contributed by atoms with van der Waals surface area (Å²) in [6, 6.07) is 12.4. The highest BCUT2D eigenvalue weighted by Crippen LogP contribution is 2.40. The SMILES string of the molecule is Cc1ccn(-c2ccc(F)cc2C(Oc2cc(-c3ccc(C[C@H](N)C4OC4O)cc3)nc(N)n2)C(F)(F)F)n1. The number of epoxide rings is 1. The van der Waals surface area contributed by atoms with Gasteiger partial charge in [-0.15, -0.1) is 0 Å². The monoisotopic (exact) mass is 544 g/mol. The fourth-order valence-corrected chi connectivity index (χ4v) is 4.20. The summed E-state index contributed by atoms with van der Waals surface area (Å²) >= 11 is 0. The smallest absolute Gasteiger partial charge is 0.429 e. The summed E-state index contributed by atoms with van der Waals surface area (Å²) in [4.78, 5) is 7.95. The second-order valence-electron chi connectivity index (χ2n) is 9.15. The van der Waals surface area contributed by atoms with E-state index >= 15 is 0 Å². The molecule has 0 radical (unpaired) electrons. The molecule has 204 valence electrons. The Hall–Kier alpha value is -4.07. The van der Waals surface area contributed by atoms with E-state index in [0.29, 0.717) is 17.7 Å². The fraction of sp³-hybridized carbons (Fsp3) is 0.269. The zero-order valence-corrected chi connectivity index (χ0v) is 20.5. The van der Waals surface area contributed by atoms with Crippen molar-refractivity contribution in [2.45, 2.75) is 44.1 Å². The molecule has 1 saturated heterocycles. The van der Waals surface area contributed by atoms with Gasteiger partial charge < -0.3 is 26.0 Å². The molecule has 3 heterocycles. The van der Waals surface area contributed by atoms with Crippen LogP contribution in [-0.2, 0) is 11.2 Å². The average molecular weight is 545 g/mol. The first-order valence-electron chi connectivity index (χ1n) is 11.9. The summed E-state index contributed by atoms with van der Waals surface area (Å²) in [6.07, 6.45) is -6.88. The third kappa shape index (κ3) is 6.00. The molecule has 0 aliphatic carbocycles. The van der Waals surface area contributed by atoms with E-state index in [4.69, 9.17) is 20.9 Å². The molecule has 13 heteroatoms. The van der Waals surface area contributed by atoms with E-state index in [1.807, 2.05) is 0 Å². The van der Waals surface area contributed by atoms with Gasteiger partial charge >= 0.3 is 6.18 Å². The van der Waals surface area contributed by atoms with Crippen LogP contribution in [0.25, 0.3) is 16.9 Å². The maximum atomic E-state index is 14.3. The summed E-state index contributed by atoms with van der Waals surface area (Å²) in [6.45, 7) is 1.68. The Bertz CT molecular complexity index is 1480. The quantitative estimate of drug-likeness (QED) is 0.226. The number of aryl methyl sites for hydroxylation is 1. The van der Waals surface area contributed by atoms with E-state index in [1.165, 1.54) is 23.0 Å². The first-order valence-corrected chi connectivity index (χ1v) is 11.9. The molecule has 1 aliphatic rings. The van der Waals surface area contributed by atoms with Gasteiger partial charge in [-0.25, -0.2) is 14.1 Å². The number of aromatic nitrogens is 4. The third-order valence-corrected chi connectivity index (χ3v) is 6.14. The molecule has 0 bridgehead atoms. The van der Waals surface area contributed by atoms with Crippen molar-refractivity contribution < 1.29 is 32.1 Å². The van der Waals surface area contributed by atoms with Crippen LogP contribution in [0.15, 0.2) is 60.8 Å². The number of ether oxygens (including phenoxy) is 2. The van der Waals surface area contributed by atoms with Crippen LogP contribution in [0.3, 0.4) is 0 Å². The van der Waals surface area contributed by atoms with Crippen molar-refractivity contribution in [1.29, 1.82) is 0 Å². The number of nitrogens with two attached hydrogens (primary N) is 2. The lowest BCUT2D eigenvalue weighted by Gasteiger charge is -2.24. The third-order valence-electron chi connectivity index (χ3n) is 6.14. The molecule has 5 N–H and O–H groups in total. The molecular formula is C26H24F4N6O3. The summed E-state index contributed by atoms with van der Waals surface area (Å²) in [5.41, 5.74) is 13.5. The minimum atomic E-state index is -4.94. The minimum absolute atomic E-state index is 0.00742. The van der Waals surface area contributed by atoms with Crippen LogP contribution in [0.2, 0.25) is 0 Å². The normalized spacial score (nSPS) is 18.5. The molecule has 4 aromatic rings. The van der Waals surface area contributed by atoms with Gasteiger partial charge in [-0.3, -0.25) is 0 Å². The van der Waals surface area contributed by atoms with Crippen molar-refractivity contribution in [2.75, 3.05) is 5.73 Å². The van der Waals surface area contributed by atoms with E-state index in [1.54, 1.807) is 37.3 Å². The van der Waals surface area contributed by atoms with Gasteiger partial charge in [-0.2, -0.15) is 23.3 Å². The van der Waals surface area contributed by atoms with Crippen LogP contribution >= 0.6 is 0 Å². The van der Waals surface area contributed by atoms with E-state index in [9.17, 15) is 22.7 Å². The summed E-state index contributed by atoms with van der Waals surface area (Å²) in [5, 5.41) is 13.5. The lowest BCUT2D eigenvalue weighted by atomic mass is 10.0. The molecule has 2 aromatic heterocycles. The van der Waals surface area contributed by atoms with Gasteiger partial charge in [0.2, 0.25) is 17.9 Å². The first kappa shape index (κ1) is 26.5. The second-order valence-corrected chi connectivity index (χ2v) is 9.15. The van der Waals surface area contributed by atoms with E-state index in [0.717, 1.165) is 17.7 Å². The van der Waals surface area contributed by atoms with Gasteiger partial charge in [-0.1, -0.05) is 24.3 Å². The molecule has 9 nitrogen and oxygen atoms in total. The maximum absolute atomic E-state index is 14.3. The van der Waals surface area contributed by atoms with Crippen LogP contribution in [0.5, 0.6) is 5.88 Å². The Balaban J connectivity index is 1.44. The molecule has 1 aliphatic heterocycles. The minimum Gasteiger partial charge on any atom is -0.459 e. The van der Waals surface area contributed by atoms with Crippen molar-refractivity contribution in [3.63, 3.8) is 0 Å². The number of benzene rings is 2. The predicted molar refractivity (Wildman–Crippen MR) is 132 cm³/mol. The summed E-state index contributed by atoms with van der Waals surface area (Å²) in [7, 11) is 0. The highest BCUT2D eigenvalue weighted by Gasteiger charge is 2.45. The summed E-state index contributed by atoms with van der Waals surface area (Å²) < 4.78 is 68.6. The van der Waals surface area contributed by atoms with Crippen LogP contribution in [0.1, 0.15) is 22.9 Å². The molecule has 0 spiro atoms. The number of rotatable bonds is 8. The molecule has 1 fully saturated rings. The van der Waals surface area contributed by atoms with Gasteiger partial charge in [0.1, 0.15) is 11.9 Å². The van der Waals surface area contributed by atoms with Gasteiger partial charge in [0, 0.05) is 29.4 Å². The Labute approximate surface area is 220 Å². The van der Waals surface area contributed by atoms with Crippen LogP contribution in [0, 0.1) is 12.7 Å². The standard InChI is InChI=1S/C26H24F4N6O3/c1-13-8-9-36(35-13)20-7-6-16(27)11-17(20)23(26(28,29)30)38-21-12-19(33-25(32)34-21)15-4-2-14(3-5-15)10-18(31)22-24(37)39-22/h2-9,11-12,18,22-24,37H,10,31H2,1H3,(H2,32,33,34)/t18-,22?,23?,24?/m0/s1. The Morgan fingerprint density at radius 1 is 1.10 bits per heavy atom. The Kier molecular flexibility index (Phi) is 6.97. The molecule has 4 atom stereocenters. The molecule has 39 heavy (non-hydrogen) atoms. The van der Waals surface area contributed by atoms with Gasteiger partial charge in [0.25, 0.3) is 0 Å². The van der Waals surface area contributed by atoms with Gasteiger partial charge in [0.15, 0.2) is 6.29 Å². The predicted octanol–water partition coefficient (Wildman–Crippen LogP) is 3.63. The van der Waals surface area contributed by atoms with Crippen LogP contribution < -0.4 is 16.2 Å². The highest BCUT2D eigenvalue weighted by atomic mass is 19.4. The average Bonchev–Trinajstić information content (AvgIpc) is 3.46. The van der Waals surface area contributed by atoms with Crippen molar-refractivity contribution in [3.05, 3.63) is 83.4 Å². The fourth-order valence-electron chi connectivity index (χ4n) is 4.20. The number of aliphatic hydroxyl groups excluding tert-OH is 1. The Morgan fingerprint density at radius 2 is 1.82 bits per heavy atom. The lowest BCUT2D eigenvalue weighted by Crippen LogP contribution is -2.30. The number of halogens is 4. The van der Waals surface area contributed by atoms with Crippen molar-refractivity contribution in [3.8, 4) is 22.8 Å². The van der Waals surface area contributed by atoms with E-state index < -0.39 is 48.0 Å². The molecule has 0 saturated carbocycles. The number of anilines is 1. The zero-order valence-electron chi connectivity index (χ0n) is 20.5. The number of aliphatic hydroxyl groups is 1.